The molecule has 1 saturated heterocycles. The molecule has 2 nitrogen and oxygen atoms in total. The largest absolute Gasteiger partial charge is 0.318 e. The Morgan fingerprint density at radius 3 is 2.78 bits per heavy atom. The quantitative estimate of drug-likeness (QED) is 0.527. The lowest BCUT2D eigenvalue weighted by Gasteiger charge is -2.40. The molecule has 0 aromatic rings. The molecule has 52 valence electrons. The summed E-state index contributed by atoms with van der Waals surface area (Å²) in [6.07, 6.45) is 0. The highest BCUT2D eigenvalue weighted by atomic mass is 15.2. The van der Waals surface area contributed by atoms with Gasteiger partial charge in [-0.05, 0) is 19.7 Å². The number of nitrogens with zero attached hydrogens (tertiary/aromatic N) is 1. The lowest BCUT2D eigenvalue weighted by Crippen LogP contribution is -2.51. The molecule has 0 aromatic carbocycles. The van der Waals surface area contributed by atoms with Gasteiger partial charge in [0.2, 0.25) is 0 Å². The molecule has 1 aliphatic rings. The molecule has 0 bridgehead atoms. The summed E-state index contributed by atoms with van der Waals surface area (Å²) in [5.74, 6) is 0. The van der Waals surface area contributed by atoms with Crippen molar-refractivity contribution in [2.45, 2.75) is 6.04 Å². The van der Waals surface area contributed by atoms with Crippen LogP contribution in [-0.4, -0.2) is 38.1 Å². The average Bonchev–Trinajstić information content (AvgIpc) is 1.84. The van der Waals surface area contributed by atoms with E-state index in [1.54, 1.807) is 0 Å². The third kappa shape index (κ3) is 1.14. The summed E-state index contributed by atoms with van der Waals surface area (Å²) in [6, 6.07) is 0.593. The van der Waals surface area contributed by atoms with Crippen molar-refractivity contribution in [1.29, 1.82) is 0 Å². The van der Waals surface area contributed by atoms with Crippen molar-refractivity contribution in [2.75, 3.05) is 27.2 Å². The van der Waals surface area contributed by atoms with Crippen LogP contribution in [-0.2, 0) is 0 Å². The smallest absolute Gasteiger partial charge is 0.0442 e. The Kier molecular flexibility index (Phi) is 1.88. The Morgan fingerprint density at radius 1 is 1.89 bits per heavy atom. The summed E-state index contributed by atoms with van der Waals surface area (Å²) < 4.78 is 0. The molecule has 1 rings (SSSR count). The predicted molar refractivity (Wildman–Crippen MR) is 39.5 cm³/mol. The van der Waals surface area contributed by atoms with E-state index in [4.69, 9.17) is 0 Å². The van der Waals surface area contributed by atoms with E-state index in [2.05, 4.69) is 23.8 Å². The number of rotatable bonds is 2. The van der Waals surface area contributed by atoms with Crippen molar-refractivity contribution < 1.29 is 0 Å². The second kappa shape index (κ2) is 2.50. The van der Waals surface area contributed by atoms with Gasteiger partial charge in [0.15, 0.2) is 0 Å². The van der Waals surface area contributed by atoms with Gasteiger partial charge in [0.1, 0.15) is 0 Å². The summed E-state index contributed by atoms with van der Waals surface area (Å²) >= 11 is 0. The zero-order valence-electron chi connectivity index (χ0n) is 6.15. The van der Waals surface area contributed by atoms with Crippen LogP contribution in [0.4, 0.5) is 0 Å². The maximum absolute atomic E-state index is 3.93. The topological polar surface area (TPSA) is 15.3 Å². The first-order chi connectivity index (χ1) is 4.25. The normalized spacial score (nSPS) is 28.2. The molecule has 1 aliphatic heterocycles. The average molecular weight is 126 g/mol. The molecule has 0 aliphatic carbocycles. The highest BCUT2D eigenvalue weighted by Crippen LogP contribution is 2.18. The fourth-order valence-corrected chi connectivity index (χ4v) is 1.23. The van der Waals surface area contributed by atoms with Crippen LogP contribution in [0.1, 0.15) is 0 Å². The van der Waals surface area contributed by atoms with Crippen LogP contribution >= 0.6 is 0 Å². The van der Waals surface area contributed by atoms with Gasteiger partial charge >= 0.3 is 0 Å². The molecular formula is C7H14N2. The fraction of sp³-hybridized carbons (Fsp3) is 0.714. The summed E-state index contributed by atoms with van der Waals surface area (Å²) in [5.41, 5.74) is 1.35. The molecule has 0 saturated carbocycles. The predicted octanol–water partition coefficient (Wildman–Crippen LogP) is 0.0760. The van der Waals surface area contributed by atoms with Gasteiger partial charge in [-0.2, -0.15) is 0 Å². The lowest BCUT2D eigenvalue weighted by atomic mass is 9.99. The van der Waals surface area contributed by atoms with Crippen LogP contribution in [0.2, 0.25) is 0 Å². The van der Waals surface area contributed by atoms with Gasteiger partial charge in [0, 0.05) is 19.1 Å². The summed E-state index contributed by atoms with van der Waals surface area (Å²) in [5, 5.41) is 3.13. The molecule has 9 heavy (non-hydrogen) atoms. The van der Waals surface area contributed by atoms with Crippen molar-refractivity contribution in [3.05, 3.63) is 12.2 Å². The highest BCUT2D eigenvalue weighted by Gasteiger charge is 2.26. The van der Waals surface area contributed by atoms with E-state index in [9.17, 15) is 0 Å². The van der Waals surface area contributed by atoms with Gasteiger partial charge in [-0.3, -0.25) is 4.90 Å². The zero-order valence-corrected chi connectivity index (χ0v) is 6.15. The maximum atomic E-state index is 3.93. The van der Waals surface area contributed by atoms with E-state index in [0.717, 1.165) is 13.1 Å². The minimum atomic E-state index is 0.593. The summed E-state index contributed by atoms with van der Waals surface area (Å²) in [4.78, 5) is 2.29. The molecule has 0 aromatic heterocycles. The van der Waals surface area contributed by atoms with Crippen LogP contribution in [0.3, 0.4) is 0 Å². The van der Waals surface area contributed by atoms with Crippen molar-refractivity contribution in [2.24, 2.45) is 0 Å². The minimum Gasteiger partial charge on any atom is -0.318 e. The molecule has 2 heteroatoms. The second-order valence-electron chi connectivity index (χ2n) is 2.65. The first-order valence-electron chi connectivity index (χ1n) is 3.28. The number of hydrogen-bond donors (Lipinski definition) is 1. The zero-order chi connectivity index (χ0) is 6.85. The van der Waals surface area contributed by atoms with E-state index >= 15 is 0 Å². The number of likely N-dealkylation sites (N-methyl/N-ethyl adjacent to an activating group) is 2. The molecule has 1 atom stereocenters. The van der Waals surface area contributed by atoms with Gasteiger partial charge in [-0.25, -0.2) is 0 Å². The molecule has 0 radical (unpaired) electrons. The maximum Gasteiger partial charge on any atom is 0.0442 e. The number of likely N-dealkylation sites (tertiary alicyclic amines) is 1. The van der Waals surface area contributed by atoms with Crippen LogP contribution in [0.15, 0.2) is 12.2 Å². The van der Waals surface area contributed by atoms with Crippen molar-refractivity contribution >= 4 is 0 Å². The fourth-order valence-electron chi connectivity index (χ4n) is 1.23. The molecule has 0 amide bonds. The van der Waals surface area contributed by atoms with Crippen molar-refractivity contribution in [3.63, 3.8) is 0 Å². The monoisotopic (exact) mass is 126 g/mol. The SMILES string of the molecule is C=C1CN(C)C1CNC. The van der Waals surface area contributed by atoms with Crippen LogP contribution in [0.5, 0.6) is 0 Å². The van der Waals surface area contributed by atoms with E-state index in [-0.39, 0.29) is 0 Å². The van der Waals surface area contributed by atoms with Gasteiger partial charge in [-0.1, -0.05) is 6.58 Å². The second-order valence-corrected chi connectivity index (χ2v) is 2.65. The lowest BCUT2D eigenvalue weighted by molar-refractivity contribution is 0.206. The third-order valence-corrected chi connectivity index (χ3v) is 1.85. The van der Waals surface area contributed by atoms with E-state index < -0.39 is 0 Å². The molecule has 1 heterocycles. The Morgan fingerprint density at radius 2 is 2.56 bits per heavy atom. The molecule has 0 spiro atoms. The van der Waals surface area contributed by atoms with Gasteiger partial charge < -0.3 is 5.32 Å². The summed E-state index contributed by atoms with van der Waals surface area (Å²) in [6.45, 7) is 6.04. The first kappa shape index (κ1) is 6.78. The van der Waals surface area contributed by atoms with Gasteiger partial charge in [-0.15, -0.1) is 0 Å². The van der Waals surface area contributed by atoms with E-state index in [1.165, 1.54) is 5.57 Å². The Hall–Kier alpha value is -0.340. The van der Waals surface area contributed by atoms with E-state index in [0.29, 0.717) is 6.04 Å². The van der Waals surface area contributed by atoms with Gasteiger partial charge in [0.05, 0.1) is 0 Å². The Balaban J connectivity index is 2.30. The Bertz CT molecular complexity index is 120. The first-order valence-corrected chi connectivity index (χ1v) is 3.28. The third-order valence-electron chi connectivity index (χ3n) is 1.85. The highest BCUT2D eigenvalue weighted by molar-refractivity contribution is 5.17. The molecule has 1 fully saturated rings. The van der Waals surface area contributed by atoms with Crippen LogP contribution in [0, 0.1) is 0 Å². The number of nitrogens with one attached hydrogen (secondary N) is 1. The van der Waals surface area contributed by atoms with Crippen molar-refractivity contribution in [3.8, 4) is 0 Å². The summed E-state index contributed by atoms with van der Waals surface area (Å²) in [7, 11) is 4.09. The van der Waals surface area contributed by atoms with E-state index in [1.807, 2.05) is 7.05 Å². The molecule has 1 N–H and O–H groups in total. The van der Waals surface area contributed by atoms with Crippen LogP contribution in [0.25, 0.3) is 0 Å². The molecule has 1 unspecified atom stereocenters. The minimum absolute atomic E-state index is 0.593. The number of hydrogen-bond acceptors (Lipinski definition) is 2. The Labute approximate surface area is 56.5 Å². The van der Waals surface area contributed by atoms with Crippen molar-refractivity contribution in [1.82, 2.24) is 10.2 Å². The van der Waals surface area contributed by atoms with Gasteiger partial charge in [0.25, 0.3) is 0 Å². The standard InChI is InChI=1S/C7H14N2/c1-6-5-9(3)7(6)4-8-2/h7-8H,1,4-5H2,2-3H3. The molecular weight excluding hydrogens is 112 g/mol. The van der Waals surface area contributed by atoms with Crippen LogP contribution < -0.4 is 5.32 Å².